The van der Waals surface area contributed by atoms with E-state index < -0.39 is 0 Å². The van der Waals surface area contributed by atoms with Gasteiger partial charge in [-0.1, -0.05) is 15.9 Å². The highest BCUT2D eigenvalue weighted by molar-refractivity contribution is 9.10. The molecule has 2 aromatic rings. The Hall–Kier alpha value is -1.55. The van der Waals surface area contributed by atoms with Crippen LogP contribution in [0.3, 0.4) is 0 Å². The Morgan fingerprint density at radius 2 is 1.72 bits per heavy atom. The zero-order valence-corrected chi connectivity index (χ0v) is 11.8. The molecule has 0 atom stereocenters. The zero-order valence-electron chi connectivity index (χ0n) is 10.2. The van der Waals surface area contributed by atoms with Crippen LogP contribution in [-0.2, 0) is 0 Å². The van der Waals surface area contributed by atoms with Gasteiger partial charge in [-0.05, 0) is 55.3 Å². The van der Waals surface area contributed by atoms with Gasteiger partial charge in [0.15, 0.2) is 0 Å². The van der Waals surface area contributed by atoms with Crippen LogP contribution in [0.25, 0.3) is 0 Å². The summed E-state index contributed by atoms with van der Waals surface area (Å²) in [6, 6.07) is 8.61. The molecule has 2 rings (SSSR count). The zero-order chi connectivity index (χ0) is 13.3. The Labute approximate surface area is 114 Å². The highest BCUT2D eigenvalue weighted by Gasteiger charge is 2.08. The van der Waals surface area contributed by atoms with Gasteiger partial charge >= 0.3 is 0 Å². The summed E-state index contributed by atoms with van der Waals surface area (Å²) in [6.07, 6.45) is 0. The molecule has 0 bridgehead atoms. The number of nitrogen functional groups attached to an aromatic ring is 1. The Morgan fingerprint density at radius 1 is 1.11 bits per heavy atom. The third-order valence-electron chi connectivity index (χ3n) is 2.75. The van der Waals surface area contributed by atoms with Gasteiger partial charge in [0.2, 0.25) is 0 Å². The minimum Gasteiger partial charge on any atom is -0.399 e. The average molecular weight is 309 g/mol. The molecule has 0 radical (unpaired) electrons. The molecule has 0 heterocycles. The number of benzene rings is 2. The molecule has 2 nitrogen and oxygen atoms in total. The second kappa shape index (κ2) is 4.98. The van der Waals surface area contributed by atoms with Gasteiger partial charge in [-0.25, -0.2) is 4.39 Å². The molecule has 0 fully saturated rings. The van der Waals surface area contributed by atoms with Crippen LogP contribution in [0.5, 0.6) is 0 Å². The van der Waals surface area contributed by atoms with Crippen molar-refractivity contribution in [1.29, 1.82) is 0 Å². The van der Waals surface area contributed by atoms with Crippen LogP contribution in [0.4, 0.5) is 21.5 Å². The SMILES string of the molecule is Cc1cc(Br)cc(C)c1Nc1ccc(N)cc1F. The summed E-state index contributed by atoms with van der Waals surface area (Å²) in [4.78, 5) is 0. The molecule has 3 N–H and O–H groups in total. The first-order valence-electron chi connectivity index (χ1n) is 5.56. The van der Waals surface area contributed by atoms with Gasteiger partial charge < -0.3 is 11.1 Å². The first-order chi connectivity index (χ1) is 8.47. The van der Waals surface area contributed by atoms with E-state index in [1.54, 1.807) is 12.1 Å². The lowest BCUT2D eigenvalue weighted by molar-refractivity contribution is 0.632. The molecule has 0 unspecified atom stereocenters. The lowest BCUT2D eigenvalue weighted by Crippen LogP contribution is -1.99. The van der Waals surface area contributed by atoms with Gasteiger partial charge in [-0.2, -0.15) is 0 Å². The van der Waals surface area contributed by atoms with Crippen molar-refractivity contribution in [1.82, 2.24) is 0 Å². The van der Waals surface area contributed by atoms with E-state index in [9.17, 15) is 4.39 Å². The largest absolute Gasteiger partial charge is 0.399 e. The molecular formula is C14H14BrFN2. The van der Waals surface area contributed by atoms with Crippen molar-refractivity contribution in [3.63, 3.8) is 0 Å². The second-order valence-electron chi connectivity index (χ2n) is 4.28. The minimum absolute atomic E-state index is 0.350. The first kappa shape index (κ1) is 12.9. The van der Waals surface area contributed by atoms with Gasteiger partial charge in [-0.15, -0.1) is 0 Å². The molecule has 0 aromatic heterocycles. The smallest absolute Gasteiger partial charge is 0.148 e. The molecule has 18 heavy (non-hydrogen) atoms. The highest BCUT2D eigenvalue weighted by Crippen LogP contribution is 2.29. The fourth-order valence-corrected chi connectivity index (χ4v) is 2.56. The van der Waals surface area contributed by atoms with Crippen LogP contribution >= 0.6 is 15.9 Å². The number of nitrogens with two attached hydrogens (primary N) is 1. The minimum atomic E-state index is -0.350. The number of anilines is 3. The lowest BCUT2D eigenvalue weighted by Gasteiger charge is -2.14. The highest BCUT2D eigenvalue weighted by atomic mass is 79.9. The van der Waals surface area contributed by atoms with E-state index in [0.717, 1.165) is 21.3 Å². The Morgan fingerprint density at radius 3 is 2.28 bits per heavy atom. The number of halogens is 2. The Balaban J connectivity index is 2.40. The number of hydrogen-bond donors (Lipinski definition) is 2. The topological polar surface area (TPSA) is 38.0 Å². The molecule has 0 saturated heterocycles. The van der Waals surface area contributed by atoms with Crippen molar-refractivity contribution in [3.8, 4) is 0 Å². The van der Waals surface area contributed by atoms with Crippen LogP contribution in [-0.4, -0.2) is 0 Å². The van der Waals surface area contributed by atoms with E-state index in [-0.39, 0.29) is 5.82 Å². The van der Waals surface area contributed by atoms with Crippen LogP contribution in [0, 0.1) is 19.7 Å². The van der Waals surface area contributed by atoms with Crippen molar-refractivity contribution in [3.05, 3.63) is 51.7 Å². The maximum Gasteiger partial charge on any atom is 0.148 e. The van der Waals surface area contributed by atoms with E-state index >= 15 is 0 Å². The van der Waals surface area contributed by atoms with Crippen molar-refractivity contribution in [2.24, 2.45) is 0 Å². The van der Waals surface area contributed by atoms with Crippen molar-refractivity contribution in [2.75, 3.05) is 11.1 Å². The van der Waals surface area contributed by atoms with Crippen LogP contribution in [0.1, 0.15) is 11.1 Å². The van der Waals surface area contributed by atoms with E-state index in [2.05, 4.69) is 21.2 Å². The summed E-state index contributed by atoms with van der Waals surface area (Å²) >= 11 is 3.44. The average Bonchev–Trinajstić information content (AvgIpc) is 2.25. The van der Waals surface area contributed by atoms with E-state index in [4.69, 9.17) is 5.73 Å². The molecule has 0 aliphatic carbocycles. The second-order valence-corrected chi connectivity index (χ2v) is 5.19. The molecule has 0 aliphatic heterocycles. The number of rotatable bonds is 2. The number of hydrogen-bond acceptors (Lipinski definition) is 2. The molecule has 0 amide bonds. The van der Waals surface area contributed by atoms with Gasteiger partial charge in [0, 0.05) is 15.8 Å². The third-order valence-corrected chi connectivity index (χ3v) is 3.21. The van der Waals surface area contributed by atoms with E-state index in [1.165, 1.54) is 6.07 Å². The summed E-state index contributed by atoms with van der Waals surface area (Å²) in [6.45, 7) is 3.96. The van der Waals surface area contributed by atoms with Gasteiger partial charge in [0.25, 0.3) is 0 Å². The Bertz CT molecular complexity index is 573. The van der Waals surface area contributed by atoms with Crippen LogP contribution < -0.4 is 11.1 Å². The van der Waals surface area contributed by atoms with Gasteiger partial charge in [0.05, 0.1) is 5.69 Å². The summed E-state index contributed by atoms with van der Waals surface area (Å²) in [5.74, 6) is -0.350. The Kier molecular flexibility index (Phi) is 3.57. The monoisotopic (exact) mass is 308 g/mol. The predicted molar refractivity (Wildman–Crippen MR) is 77.7 cm³/mol. The molecule has 2 aromatic carbocycles. The van der Waals surface area contributed by atoms with E-state index in [0.29, 0.717) is 11.4 Å². The molecular weight excluding hydrogens is 295 g/mol. The molecule has 0 saturated carbocycles. The number of aryl methyl sites for hydroxylation is 2. The van der Waals surface area contributed by atoms with Crippen molar-refractivity contribution in [2.45, 2.75) is 13.8 Å². The van der Waals surface area contributed by atoms with Gasteiger partial charge in [-0.3, -0.25) is 0 Å². The number of nitrogens with one attached hydrogen (secondary N) is 1. The summed E-state index contributed by atoms with van der Waals surface area (Å²) in [5.41, 5.74) is 9.40. The predicted octanol–water partition coefficient (Wildman–Crippen LogP) is 4.53. The van der Waals surface area contributed by atoms with E-state index in [1.807, 2.05) is 26.0 Å². The summed E-state index contributed by atoms with van der Waals surface area (Å²) in [7, 11) is 0. The maximum absolute atomic E-state index is 13.7. The summed E-state index contributed by atoms with van der Waals surface area (Å²) < 4.78 is 14.7. The van der Waals surface area contributed by atoms with Crippen molar-refractivity contribution >= 4 is 33.0 Å². The molecule has 4 heteroatoms. The van der Waals surface area contributed by atoms with Gasteiger partial charge in [0.1, 0.15) is 5.82 Å². The standard InChI is InChI=1S/C14H14BrFN2/c1-8-5-10(15)6-9(2)14(8)18-13-4-3-11(17)7-12(13)16/h3-7,18H,17H2,1-2H3. The van der Waals surface area contributed by atoms with Crippen LogP contribution in [0.15, 0.2) is 34.8 Å². The van der Waals surface area contributed by atoms with Crippen LogP contribution in [0.2, 0.25) is 0 Å². The summed E-state index contributed by atoms with van der Waals surface area (Å²) in [5, 5.41) is 3.11. The first-order valence-corrected chi connectivity index (χ1v) is 6.35. The molecule has 0 aliphatic rings. The molecule has 94 valence electrons. The fourth-order valence-electron chi connectivity index (χ4n) is 1.88. The maximum atomic E-state index is 13.7. The molecule has 0 spiro atoms. The fraction of sp³-hybridized carbons (Fsp3) is 0.143. The quantitative estimate of drug-likeness (QED) is 0.800. The lowest BCUT2D eigenvalue weighted by atomic mass is 10.1. The van der Waals surface area contributed by atoms with Crippen molar-refractivity contribution < 1.29 is 4.39 Å². The normalized spacial score (nSPS) is 10.4. The third kappa shape index (κ3) is 2.64.